The van der Waals surface area contributed by atoms with E-state index < -0.39 is 11.5 Å². The molecule has 0 aromatic rings. The molecule has 0 amide bonds. The maximum absolute atomic E-state index is 10.6. The highest BCUT2D eigenvalue weighted by molar-refractivity contribution is 5.77. The minimum atomic E-state index is -1.06. The molecule has 0 fully saturated rings. The average Bonchev–Trinajstić information content (AvgIpc) is 2.03. The third-order valence-corrected chi connectivity index (χ3v) is 2.09. The quantitative estimate of drug-likeness (QED) is 0.470. The molecular weight excluding hydrogens is 166 g/mol. The predicted molar refractivity (Wildman–Crippen MR) is 53.5 cm³/mol. The number of nitrogens with two attached hydrogens (primary N) is 1. The summed E-state index contributed by atoms with van der Waals surface area (Å²) in [7, 11) is 0. The second-order valence-electron chi connectivity index (χ2n) is 3.61. The topological polar surface area (TPSA) is 63.3 Å². The number of carboxylic acid groups (broad SMARTS) is 1. The van der Waals surface area contributed by atoms with Crippen LogP contribution in [0.3, 0.4) is 0 Å². The molecule has 3 N–H and O–H groups in total. The van der Waals surface area contributed by atoms with Crippen LogP contribution in [0.15, 0.2) is 12.7 Å². The zero-order chi connectivity index (χ0) is 10.3. The molecule has 0 radical (unpaired) electrons. The number of rotatable bonds is 7. The molecule has 76 valence electrons. The summed E-state index contributed by atoms with van der Waals surface area (Å²) in [5, 5.41) is 8.70. The van der Waals surface area contributed by atoms with E-state index in [1.54, 1.807) is 6.92 Å². The minimum Gasteiger partial charge on any atom is -0.480 e. The number of hydrogen-bond acceptors (Lipinski definition) is 2. The Balaban J connectivity index is 3.52. The van der Waals surface area contributed by atoms with Gasteiger partial charge in [0.15, 0.2) is 0 Å². The second kappa shape index (κ2) is 5.75. The fourth-order valence-corrected chi connectivity index (χ4v) is 1.06. The Labute approximate surface area is 79.6 Å². The normalized spacial score (nSPS) is 14.9. The van der Waals surface area contributed by atoms with Crippen molar-refractivity contribution in [3.63, 3.8) is 0 Å². The van der Waals surface area contributed by atoms with Crippen LogP contribution in [0.1, 0.15) is 39.0 Å². The van der Waals surface area contributed by atoms with Crippen molar-refractivity contribution in [3.8, 4) is 0 Å². The maximum Gasteiger partial charge on any atom is 0.323 e. The van der Waals surface area contributed by atoms with Crippen LogP contribution in [0.2, 0.25) is 0 Å². The maximum atomic E-state index is 10.6. The van der Waals surface area contributed by atoms with E-state index in [2.05, 4.69) is 6.58 Å². The molecule has 3 nitrogen and oxygen atoms in total. The number of aliphatic carboxylic acids is 1. The van der Waals surface area contributed by atoms with E-state index in [0.29, 0.717) is 6.42 Å². The molecule has 0 aliphatic heterocycles. The van der Waals surface area contributed by atoms with Crippen molar-refractivity contribution >= 4 is 5.97 Å². The van der Waals surface area contributed by atoms with Gasteiger partial charge in [0, 0.05) is 0 Å². The fraction of sp³-hybridized carbons (Fsp3) is 0.700. The van der Waals surface area contributed by atoms with E-state index in [1.165, 1.54) is 0 Å². The first kappa shape index (κ1) is 12.2. The standard InChI is InChI=1S/C10H19NO2/c1-3-4-5-6-7-8-10(2,11)9(12)13/h3H,1,4-8,11H2,2H3,(H,12,13)/t10-/m0/s1. The summed E-state index contributed by atoms with van der Waals surface area (Å²) >= 11 is 0. The highest BCUT2D eigenvalue weighted by atomic mass is 16.4. The first-order chi connectivity index (χ1) is 6.00. The Morgan fingerprint density at radius 1 is 1.54 bits per heavy atom. The van der Waals surface area contributed by atoms with Crippen LogP contribution in [0.5, 0.6) is 0 Å². The molecule has 0 heterocycles. The van der Waals surface area contributed by atoms with Gasteiger partial charge in [-0.2, -0.15) is 0 Å². The number of unbranched alkanes of at least 4 members (excludes halogenated alkanes) is 3. The summed E-state index contributed by atoms with van der Waals surface area (Å²) in [5.41, 5.74) is 4.49. The minimum absolute atomic E-state index is 0.541. The van der Waals surface area contributed by atoms with Crippen molar-refractivity contribution in [1.29, 1.82) is 0 Å². The average molecular weight is 185 g/mol. The van der Waals surface area contributed by atoms with Gasteiger partial charge in [-0.1, -0.05) is 18.9 Å². The molecular formula is C10H19NO2. The van der Waals surface area contributed by atoms with Crippen LogP contribution >= 0.6 is 0 Å². The van der Waals surface area contributed by atoms with E-state index in [4.69, 9.17) is 10.8 Å². The van der Waals surface area contributed by atoms with Crippen LogP contribution in [0.25, 0.3) is 0 Å². The zero-order valence-electron chi connectivity index (χ0n) is 8.25. The smallest absolute Gasteiger partial charge is 0.323 e. The Morgan fingerprint density at radius 2 is 2.15 bits per heavy atom. The molecule has 0 rings (SSSR count). The molecule has 0 aromatic carbocycles. The summed E-state index contributed by atoms with van der Waals surface area (Å²) < 4.78 is 0. The Morgan fingerprint density at radius 3 is 2.62 bits per heavy atom. The molecule has 0 spiro atoms. The van der Waals surface area contributed by atoms with Gasteiger partial charge in [0.1, 0.15) is 5.54 Å². The van der Waals surface area contributed by atoms with Crippen LogP contribution in [-0.4, -0.2) is 16.6 Å². The molecule has 13 heavy (non-hydrogen) atoms. The largest absolute Gasteiger partial charge is 0.480 e. The first-order valence-corrected chi connectivity index (χ1v) is 4.64. The summed E-state index contributed by atoms with van der Waals surface area (Å²) in [5.74, 6) is -0.920. The lowest BCUT2D eigenvalue weighted by molar-refractivity contribution is -0.142. The molecule has 0 saturated carbocycles. The van der Waals surface area contributed by atoms with Gasteiger partial charge in [-0.15, -0.1) is 6.58 Å². The van der Waals surface area contributed by atoms with Gasteiger partial charge in [0.05, 0.1) is 0 Å². The van der Waals surface area contributed by atoms with E-state index in [1.807, 2.05) is 6.08 Å². The highest BCUT2D eigenvalue weighted by Gasteiger charge is 2.26. The summed E-state index contributed by atoms with van der Waals surface area (Å²) in [6.45, 7) is 5.17. The van der Waals surface area contributed by atoms with Crippen molar-refractivity contribution in [2.45, 2.75) is 44.6 Å². The van der Waals surface area contributed by atoms with Gasteiger partial charge in [0.2, 0.25) is 0 Å². The van der Waals surface area contributed by atoms with Crippen molar-refractivity contribution in [1.82, 2.24) is 0 Å². The van der Waals surface area contributed by atoms with E-state index >= 15 is 0 Å². The zero-order valence-corrected chi connectivity index (χ0v) is 8.25. The third kappa shape index (κ3) is 5.42. The van der Waals surface area contributed by atoms with Crippen molar-refractivity contribution in [2.75, 3.05) is 0 Å². The van der Waals surface area contributed by atoms with Gasteiger partial charge in [0.25, 0.3) is 0 Å². The number of carboxylic acids is 1. The van der Waals surface area contributed by atoms with Crippen LogP contribution < -0.4 is 5.73 Å². The summed E-state index contributed by atoms with van der Waals surface area (Å²) in [4.78, 5) is 10.6. The van der Waals surface area contributed by atoms with Crippen LogP contribution in [0, 0.1) is 0 Å². The molecule has 1 atom stereocenters. The molecule has 0 bridgehead atoms. The van der Waals surface area contributed by atoms with Crippen molar-refractivity contribution < 1.29 is 9.90 Å². The highest BCUT2D eigenvalue weighted by Crippen LogP contribution is 2.12. The van der Waals surface area contributed by atoms with Gasteiger partial charge < -0.3 is 10.8 Å². The van der Waals surface area contributed by atoms with Gasteiger partial charge in [-0.25, -0.2) is 0 Å². The molecule has 0 saturated heterocycles. The van der Waals surface area contributed by atoms with Gasteiger partial charge in [-0.05, 0) is 26.2 Å². The summed E-state index contributed by atoms with van der Waals surface area (Å²) in [6.07, 6.45) is 6.37. The monoisotopic (exact) mass is 185 g/mol. The SMILES string of the molecule is C=CCCCCC[C@](C)(N)C(=O)O. The van der Waals surface area contributed by atoms with Crippen molar-refractivity contribution in [3.05, 3.63) is 12.7 Å². The molecule has 0 unspecified atom stereocenters. The fourth-order valence-electron chi connectivity index (χ4n) is 1.06. The molecule has 0 aromatic heterocycles. The Bertz CT molecular complexity index is 176. The third-order valence-electron chi connectivity index (χ3n) is 2.09. The molecule has 3 heteroatoms. The van der Waals surface area contributed by atoms with Crippen molar-refractivity contribution in [2.24, 2.45) is 5.73 Å². The lowest BCUT2D eigenvalue weighted by atomic mass is 9.95. The number of carbonyl (C=O) groups is 1. The van der Waals surface area contributed by atoms with E-state index in [-0.39, 0.29) is 0 Å². The molecule has 0 aliphatic rings. The van der Waals surface area contributed by atoms with Crippen LogP contribution in [-0.2, 0) is 4.79 Å². The summed E-state index contributed by atoms with van der Waals surface area (Å²) in [6, 6.07) is 0. The van der Waals surface area contributed by atoms with Gasteiger partial charge >= 0.3 is 5.97 Å². The Kier molecular flexibility index (Phi) is 5.39. The van der Waals surface area contributed by atoms with E-state index in [0.717, 1.165) is 25.7 Å². The number of hydrogen-bond donors (Lipinski definition) is 2. The van der Waals surface area contributed by atoms with Gasteiger partial charge in [-0.3, -0.25) is 4.79 Å². The number of allylic oxidation sites excluding steroid dienone is 1. The van der Waals surface area contributed by atoms with Crippen LogP contribution in [0.4, 0.5) is 0 Å². The lowest BCUT2D eigenvalue weighted by Gasteiger charge is -2.18. The second-order valence-corrected chi connectivity index (χ2v) is 3.61. The Hall–Kier alpha value is -0.830. The predicted octanol–water partition coefficient (Wildman–Crippen LogP) is 1.92. The molecule has 0 aliphatic carbocycles. The first-order valence-electron chi connectivity index (χ1n) is 4.64. The van der Waals surface area contributed by atoms with E-state index in [9.17, 15) is 4.79 Å². The lowest BCUT2D eigenvalue weighted by Crippen LogP contribution is -2.44.